The number of aryl methyl sites for hydroxylation is 1. The van der Waals surface area contributed by atoms with Gasteiger partial charge in [0.2, 0.25) is 11.8 Å². The molecule has 204 valence electrons. The summed E-state index contributed by atoms with van der Waals surface area (Å²) in [6.07, 6.45) is 2.09. The maximum absolute atomic E-state index is 14.1. The predicted molar refractivity (Wildman–Crippen MR) is 143 cm³/mol. The molecule has 0 bridgehead atoms. The van der Waals surface area contributed by atoms with Crippen LogP contribution in [0.1, 0.15) is 98.7 Å². The lowest BCUT2D eigenvalue weighted by atomic mass is 9.92. The van der Waals surface area contributed by atoms with Crippen LogP contribution in [0.3, 0.4) is 0 Å². The Bertz CT molecular complexity index is 899. The minimum absolute atomic E-state index is 0.0329. The van der Waals surface area contributed by atoms with Crippen molar-refractivity contribution in [2.45, 2.75) is 112 Å². The van der Waals surface area contributed by atoms with E-state index in [0.717, 1.165) is 19.3 Å². The van der Waals surface area contributed by atoms with Crippen molar-refractivity contribution in [3.05, 3.63) is 29.3 Å². The van der Waals surface area contributed by atoms with Crippen LogP contribution >= 0.6 is 0 Å². The SMILES string of the molecule is CCCCCNC(=O)C(c1cccc(C)c1O)N(C(=O)C(NC(=O)OC(C)(C)C)C(C)C)C(C)(C)C. The Hall–Kier alpha value is -2.77. The van der Waals surface area contributed by atoms with Gasteiger partial charge in [0.05, 0.1) is 0 Å². The van der Waals surface area contributed by atoms with Crippen molar-refractivity contribution in [3.8, 4) is 5.75 Å². The molecule has 0 saturated carbocycles. The number of alkyl carbamates (subject to hydrolysis) is 1. The van der Waals surface area contributed by atoms with E-state index >= 15 is 0 Å². The summed E-state index contributed by atoms with van der Waals surface area (Å²) >= 11 is 0. The van der Waals surface area contributed by atoms with Gasteiger partial charge in [0.15, 0.2) is 0 Å². The number of carbonyl (C=O) groups is 3. The van der Waals surface area contributed by atoms with Gasteiger partial charge in [-0.25, -0.2) is 4.79 Å². The summed E-state index contributed by atoms with van der Waals surface area (Å²) in [6.45, 7) is 18.7. The van der Waals surface area contributed by atoms with Gasteiger partial charge < -0.3 is 25.4 Å². The summed E-state index contributed by atoms with van der Waals surface area (Å²) in [5.41, 5.74) is -0.607. The average Bonchev–Trinajstić information content (AvgIpc) is 2.72. The lowest BCUT2D eigenvalue weighted by molar-refractivity contribution is -0.149. The number of rotatable bonds is 10. The molecule has 1 aromatic rings. The van der Waals surface area contributed by atoms with E-state index in [0.29, 0.717) is 17.7 Å². The smallest absolute Gasteiger partial charge is 0.408 e. The summed E-state index contributed by atoms with van der Waals surface area (Å²) < 4.78 is 5.40. The Morgan fingerprint density at radius 2 is 1.67 bits per heavy atom. The first kappa shape index (κ1) is 31.3. The molecule has 2 atom stereocenters. The summed E-state index contributed by atoms with van der Waals surface area (Å²) in [5.74, 6) is -1.13. The molecule has 1 rings (SSSR count). The van der Waals surface area contributed by atoms with Crippen molar-refractivity contribution < 1.29 is 24.2 Å². The Morgan fingerprint density at radius 1 is 1.06 bits per heavy atom. The lowest BCUT2D eigenvalue weighted by Crippen LogP contribution is -2.59. The van der Waals surface area contributed by atoms with E-state index in [1.165, 1.54) is 4.90 Å². The van der Waals surface area contributed by atoms with Gasteiger partial charge >= 0.3 is 6.09 Å². The number of amides is 3. The minimum Gasteiger partial charge on any atom is -0.507 e. The summed E-state index contributed by atoms with van der Waals surface area (Å²) in [4.78, 5) is 41.8. The zero-order valence-corrected chi connectivity index (χ0v) is 23.8. The second kappa shape index (κ2) is 13.0. The number of ether oxygens (including phenoxy) is 1. The summed E-state index contributed by atoms with van der Waals surface area (Å²) in [7, 11) is 0. The molecule has 0 aliphatic heterocycles. The van der Waals surface area contributed by atoms with E-state index in [1.54, 1.807) is 45.9 Å². The first-order chi connectivity index (χ1) is 16.5. The summed E-state index contributed by atoms with van der Waals surface area (Å²) in [5, 5.41) is 16.6. The molecule has 36 heavy (non-hydrogen) atoms. The van der Waals surface area contributed by atoms with Gasteiger partial charge in [-0.15, -0.1) is 0 Å². The third-order valence-corrected chi connectivity index (χ3v) is 5.71. The lowest BCUT2D eigenvalue weighted by Gasteiger charge is -2.43. The molecular weight excluding hydrogens is 458 g/mol. The molecule has 8 nitrogen and oxygen atoms in total. The zero-order valence-electron chi connectivity index (χ0n) is 23.8. The molecule has 8 heteroatoms. The van der Waals surface area contributed by atoms with E-state index in [9.17, 15) is 19.5 Å². The number of hydrogen-bond donors (Lipinski definition) is 3. The number of phenols is 1. The largest absolute Gasteiger partial charge is 0.507 e. The first-order valence-electron chi connectivity index (χ1n) is 12.9. The number of nitrogens with one attached hydrogen (secondary N) is 2. The van der Waals surface area contributed by atoms with Crippen LogP contribution in [-0.4, -0.2) is 51.6 Å². The molecular formula is C28H47N3O5. The monoisotopic (exact) mass is 505 g/mol. The highest BCUT2D eigenvalue weighted by molar-refractivity contribution is 5.93. The predicted octanol–water partition coefficient (Wildman–Crippen LogP) is 5.22. The second-order valence-corrected chi connectivity index (χ2v) is 11.7. The number of benzene rings is 1. The van der Waals surface area contributed by atoms with E-state index in [4.69, 9.17) is 4.74 Å². The highest BCUT2D eigenvalue weighted by Crippen LogP contribution is 2.36. The van der Waals surface area contributed by atoms with Crippen molar-refractivity contribution in [2.75, 3.05) is 6.54 Å². The highest BCUT2D eigenvalue weighted by Gasteiger charge is 2.43. The van der Waals surface area contributed by atoms with Crippen LogP contribution in [0.15, 0.2) is 18.2 Å². The Labute approximate surface area is 217 Å². The first-order valence-corrected chi connectivity index (χ1v) is 12.9. The zero-order chi connectivity index (χ0) is 27.8. The molecule has 0 spiro atoms. The third kappa shape index (κ3) is 9.03. The molecule has 0 heterocycles. The maximum atomic E-state index is 14.1. The van der Waals surface area contributed by atoms with Crippen LogP contribution in [0, 0.1) is 12.8 Å². The van der Waals surface area contributed by atoms with Crippen LogP contribution < -0.4 is 10.6 Å². The molecule has 0 radical (unpaired) electrons. The van der Waals surface area contributed by atoms with Gasteiger partial charge in [0.25, 0.3) is 0 Å². The number of phenolic OH excluding ortho intramolecular Hbond substituents is 1. The van der Waals surface area contributed by atoms with Crippen LogP contribution in [-0.2, 0) is 14.3 Å². The molecule has 3 N–H and O–H groups in total. The van der Waals surface area contributed by atoms with Gasteiger partial charge in [-0.1, -0.05) is 51.8 Å². The molecule has 2 unspecified atom stereocenters. The van der Waals surface area contributed by atoms with Crippen LogP contribution in [0.25, 0.3) is 0 Å². The Morgan fingerprint density at radius 3 is 2.17 bits per heavy atom. The van der Waals surface area contributed by atoms with Crippen LogP contribution in [0.4, 0.5) is 4.79 Å². The number of aromatic hydroxyl groups is 1. The quantitative estimate of drug-likeness (QED) is 0.378. The van der Waals surface area contributed by atoms with E-state index in [1.807, 2.05) is 34.6 Å². The standard InChI is InChI=1S/C28H47N3O5/c1-11-12-13-17-29-24(33)22(20-16-14-15-19(4)23(20)32)31(27(5,6)7)25(34)21(18(2)3)30-26(35)36-28(8,9)10/h14-16,18,21-22,32H,11-13,17H2,1-10H3,(H,29,33)(H,30,35). The normalized spacial score (nSPS) is 13.6. The van der Waals surface area contributed by atoms with Crippen LogP contribution in [0.5, 0.6) is 5.75 Å². The van der Waals surface area contributed by atoms with E-state index in [-0.39, 0.29) is 17.6 Å². The number of hydrogen-bond acceptors (Lipinski definition) is 5. The third-order valence-electron chi connectivity index (χ3n) is 5.71. The number of nitrogens with zero attached hydrogens (tertiary/aromatic N) is 1. The highest BCUT2D eigenvalue weighted by atomic mass is 16.6. The van der Waals surface area contributed by atoms with Crippen molar-refractivity contribution in [1.29, 1.82) is 0 Å². The fraction of sp³-hybridized carbons (Fsp3) is 0.679. The van der Waals surface area contributed by atoms with Crippen molar-refractivity contribution in [3.63, 3.8) is 0 Å². The maximum Gasteiger partial charge on any atom is 0.408 e. The topological polar surface area (TPSA) is 108 Å². The fourth-order valence-corrected chi connectivity index (χ4v) is 3.93. The van der Waals surface area contributed by atoms with Gasteiger partial charge in [-0.05, 0) is 66.4 Å². The second-order valence-electron chi connectivity index (χ2n) is 11.7. The molecule has 0 aliphatic rings. The molecule has 3 amide bonds. The molecule has 1 aromatic carbocycles. The number of unbranched alkanes of at least 4 members (excludes halogenated alkanes) is 2. The van der Waals surface area contributed by atoms with Gasteiger partial charge in [0, 0.05) is 17.6 Å². The molecule has 0 fully saturated rings. The van der Waals surface area contributed by atoms with Crippen molar-refractivity contribution in [1.82, 2.24) is 15.5 Å². The van der Waals surface area contributed by atoms with Crippen molar-refractivity contribution >= 4 is 17.9 Å². The molecule has 0 aromatic heterocycles. The summed E-state index contributed by atoms with van der Waals surface area (Å²) in [6, 6.07) is 3.13. The van der Waals surface area contributed by atoms with E-state index < -0.39 is 35.2 Å². The number of para-hydroxylation sites is 1. The fourth-order valence-electron chi connectivity index (χ4n) is 3.93. The molecule has 0 saturated heterocycles. The van der Waals surface area contributed by atoms with Gasteiger partial charge in [-0.2, -0.15) is 0 Å². The minimum atomic E-state index is -1.10. The Balaban J connectivity index is 3.56. The average molecular weight is 506 g/mol. The van der Waals surface area contributed by atoms with Gasteiger partial charge in [-0.3, -0.25) is 9.59 Å². The van der Waals surface area contributed by atoms with Crippen molar-refractivity contribution in [2.24, 2.45) is 5.92 Å². The van der Waals surface area contributed by atoms with Crippen LogP contribution in [0.2, 0.25) is 0 Å². The van der Waals surface area contributed by atoms with Gasteiger partial charge in [0.1, 0.15) is 23.4 Å². The van der Waals surface area contributed by atoms with E-state index in [2.05, 4.69) is 17.6 Å². The molecule has 0 aliphatic carbocycles. The Kier molecular flexibility index (Phi) is 11.3. The number of carbonyl (C=O) groups excluding carboxylic acids is 3.